The molecule has 1 N–H and O–H groups in total. The van der Waals surface area contributed by atoms with Crippen LogP contribution in [0.3, 0.4) is 0 Å². The first-order valence-corrected chi connectivity index (χ1v) is 8.56. The number of aliphatic imine (C=N–C) groups is 1. The van der Waals surface area contributed by atoms with E-state index in [2.05, 4.69) is 10.3 Å². The molecule has 0 fully saturated rings. The van der Waals surface area contributed by atoms with Crippen molar-refractivity contribution in [2.75, 3.05) is 37.8 Å². The second-order valence-electron chi connectivity index (χ2n) is 5.11. The van der Waals surface area contributed by atoms with Gasteiger partial charge in [-0.15, -0.1) is 0 Å². The number of ether oxygens (including phenoxy) is 1. The summed E-state index contributed by atoms with van der Waals surface area (Å²) >= 11 is 0. The van der Waals surface area contributed by atoms with E-state index in [0.29, 0.717) is 17.9 Å². The molecule has 2 rings (SSSR count). The summed E-state index contributed by atoms with van der Waals surface area (Å²) in [5.74, 6) is 1.51. The van der Waals surface area contributed by atoms with Gasteiger partial charge < -0.3 is 10.1 Å². The number of amidine groups is 1. The lowest BCUT2D eigenvalue weighted by atomic mass is 10.0. The van der Waals surface area contributed by atoms with Gasteiger partial charge >= 0.3 is 0 Å². The van der Waals surface area contributed by atoms with Gasteiger partial charge in [0.15, 0.2) is 0 Å². The summed E-state index contributed by atoms with van der Waals surface area (Å²) in [5, 5.41) is 3.23. The number of nitrogens with one attached hydrogen (secondary N) is 1. The predicted octanol–water partition coefficient (Wildman–Crippen LogP) is 0.944. The van der Waals surface area contributed by atoms with Crippen molar-refractivity contribution >= 4 is 21.5 Å². The van der Waals surface area contributed by atoms with Crippen LogP contribution in [-0.2, 0) is 16.4 Å². The zero-order chi connectivity index (χ0) is 15.6. The van der Waals surface area contributed by atoms with Gasteiger partial charge in [0.05, 0.1) is 25.6 Å². The monoisotopic (exact) mass is 311 g/mol. The first-order valence-electron chi connectivity index (χ1n) is 6.71. The molecular formula is C14H21N3O3S. The second kappa shape index (κ2) is 5.93. The van der Waals surface area contributed by atoms with Gasteiger partial charge in [0.1, 0.15) is 11.6 Å². The summed E-state index contributed by atoms with van der Waals surface area (Å²) in [6, 6.07) is 3.72. The van der Waals surface area contributed by atoms with Gasteiger partial charge in [0.25, 0.3) is 0 Å². The number of hydrogen-bond donors (Lipinski definition) is 1. The van der Waals surface area contributed by atoms with Crippen molar-refractivity contribution in [1.82, 2.24) is 5.32 Å². The molecule has 0 amide bonds. The quantitative estimate of drug-likeness (QED) is 0.878. The van der Waals surface area contributed by atoms with Gasteiger partial charge in [-0.2, -0.15) is 0 Å². The number of anilines is 1. The number of rotatable bonds is 5. The highest BCUT2D eigenvalue weighted by Crippen LogP contribution is 2.32. The maximum absolute atomic E-state index is 11.7. The first kappa shape index (κ1) is 15.6. The summed E-state index contributed by atoms with van der Waals surface area (Å²) in [5.41, 5.74) is 2.63. The third kappa shape index (κ3) is 3.47. The molecule has 0 saturated carbocycles. The SMILES string of the molecule is COc1cc(CC2=NCCN2)c(C)cc1N(C)S(C)(=O)=O. The number of methoxy groups -OCH3 is 1. The summed E-state index contributed by atoms with van der Waals surface area (Å²) < 4.78 is 30.0. The molecule has 0 radical (unpaired) electrons. The van der Waals surface area contributed by atoms with Crippen molar-refractivity contribution in [1.29, 1.82) is 0 Å². The molecule has 0 aliphatic carbocycles. The fourth-order valence-corrected chi connectivity index (χ4v) is 2.74. The third-order valence-corrected chi connectivity index (χ3v) is 4.77. The van der Waals surface area contributed by atoms with E-state index in [-0.39, 0.29) is 0 Å². The Balaban J connectivity index is 2.39. The highest BCUT2D eigenvalue weighted by Gasteiger charge is 2.19. The molecule has 0 bridgehead atoms. The van der Waals surface area contributed by atoms with Crippen LogP contribution < -0.4 is 14.4 Å². The number of nitrogens with zero attached hydrogens (tertiary/aromatic N) is 2. The number of aryl methyl sites for hydroxylation is 1. The van der Waals surface area contributed by atoms with Crippen LogP contribution in [0.2, 0.25) is 0 Å². The lowest BCUT2D eigenvalue weighted by molar-refractivity contribution is 0.415. The van der Waals surface area contributed by atoms with E-state index < -0.39 is 10.0 Å². The maximum atomic E-state index is 11.7. The van der Waals surface area contributed by atoms with E-state index in [1.807, 2.05) is 19.1 Å². The Labute approximate surface area is 125 Å². The van der Waals surface area contributed by atoms with Gasteiger partial charge in [0, 0.05) is 20.0 Å². The van der Waals surface area contributed by atoms with E-state index in [1.54, 1.807) is 7.11 Å². The Morgan fingerprint density at radius 1 is 1.43 bits per heavy atom. The van der Waals surface area contributed by atoms with E-state index >= 15 is 0 Å². The Morgan fingerprint density at radius 2 is 2.14 bits per heavy atom. The van der Waals surface area contributed by atoms with Crippen LogP contribution in [0.15, 0.2) is 17.1 Å². The molecule has 7 heteroatoms. The Kier molecular flexibility index (Phi) is 4.41. The summed E-state index contributed by atoms with van der Waals surface area (Å²) in [6.07, 6.45) is 1.87. The van der Waals surface area contributed by atoms with Crippen molar-refractivity contribution in [2.45, 2.75) is 13.3 Å². The van der Waals surface area contributed by atoms with Crippen molar-refractivity contribution in [3.05, 3.63) is 23.3 Å². The highest BCUT2D eigenvalue weighted by molar-refractivity contribution is 7.92. The van der Waals surface area contributed by atoms with Gasteiger partial charge in [-0.05, 0) is 30.2 Å². The Bertz CT molecular complexity index is 668. The number of hydrogen-bond acceptors (Lipinski definition) is 5. The van der Waals surface area contributed by atoms with Crippen LogP contribution in [0.1, 0.15) is 11.1 Å². The van der Waals surface area contributed by atoms with Gasteiger partial charge in [0.2, 0.25) is 10.0 Å². The second-order valence-corrected chi connectivity index (χ2v) is 7.13. The molecule has 6 nitrogen and oxygen atoms in total. The average molecular weight is 311 g/mol. The first-order chi connectivity index (χ1) is 9.82. The number of sulfonamides is 1. The largest absolute Gasteiger partial charge is 0.495 e. The minimum atomic E-state index is -3.32. The van der Waals surface area contributed by atoms with Gasteiger partial charge in [-0.1, -0.05) is 0 Å². The fraction of sp³-hybridized carbons (Fsp3) is 0.500. The smallest absolute Gasteiger partial charge is 0.232 e. The lowest BCUT2D eigenvalue weighted by Crippen LogP contribution is -2.26. The van der Waals surface area contributed by atoms with Crippen LogP contribution in [0.25, 0.3) is 0 Å². The maximum Gasteiger partial charge on any atom is 0.232 e. The van der Waals surface area contributed by atoms with Crippen LogP contribution in [-0.4, -0.2) is 47.8 Å². The van der Waals surface area contributed by atoms with Crippen LogP contribution in [0, 0.1) is 6.92 Å². The normalized spacial score (nSPS) is 14.6. The van der Waals surface area contributed by atoms with Gasteiger partial charge in [-0.25, -0.2) is 8.42 Å². The van der Waals surface area contributed by atoms with E-state index in [9.17, 15) is 8.42 Å². The van der Waals surface area contributed by atoms with E-state index in [4.69, 9.17) is 4.74 Å². The summed E-state index contributed by atoms with van der Waals surface area (Å²) in [6.45, 7) is 3.64. The topological polar surface area (TPSA) is 71.0 Å². The molecule has 1 aliphatic heterocycles. The predicted molar refractivity (Wildman–Crippen MR) is 85.0 cm³/mol. The Hall–Kier alpha value is -1.76. The minimum absolute atomic E-state index is 0.544. The average Bonchev–Trinajstić information content (AvgIpc) is 2.91. The van der Waals surface area contributed by atoms with Crippen molar-refractivity contribution in [3.63, 3.8) is 0 Å². The molecule has 1 aliphatic rings. The molecule has 1 aromatic rings. The molecule has 21 heavy (non-hydrogen) atoms. The van der Waals surface area contributed by atoms with Crippen molar-refractivity contribution < 1.29 is 13.2 Å². The van der Waals surface area contributed by atoms with Crippen LogP contribution in [0.5, 0.6) is 5.75 Å². The van der Waals surface area contributed by atoms with Crippen LogP contribution >= 0.6 is 0 Å². The molecule has 0 unspecified atom stereocenters. The summed E-state index contributed by atoms with van der Waals surface area (Å²) in [7, 11) is -0.259. The lowest BCUT2D eigenvalue weighted by Gasteiger charge is -2.21. The van der Waals surface area contributed by atoms with Crippen molar-refractivity contribution in [2.24, 2.45) is 4.99 Å². The third-order valence-electron chi connectivity index (χ3n) is 3.58. The van der Waals surface area contributed by atoms with Crippen molar-refractivity contribution in [3.8, 4) is 5.75 Å². The molecular weight excluding hydrogens is 290 g/mol. The van der Waals surface area contributed by atoms with E-state index in [0.717, 1.165) is 30.1 Å². The zero-order valence-corrected chi connectivity index (χ0v) is 13.6. The Morgan fingerprint density at radius 3 is 2.67 bits per heavy atom. The van der Waals surface area contributed by atoms with Gasteiger partial charge in [-0.3, -0.25) is 9.30 Å². The molecule has 0 saturated heterocycles. The van der Waals surface area contributed by atoms with Crippen LogP contribution in [0.4, 0.5) is 5.69 Å². The molecule has 116 valence electrons. The highest BCUT2D eigenvalue weighted by atomic mass is 32.2. The molecule has 0 spiro atoms. The fourth-order valence-electron chi connectivity index (χ4n) is 2.24. The standard InChI is InChI=1S/C14H21N3O3S/c1-10-7-12(17(2)21(4,18)19)13(20-3)8-11(10)9-14-15-5-6-16-14/h7-8H,5-6,9H2,1-4H3,(H,15,16). The molecule has 1 aromatic carbocycles. The molecule has 1 heterocycles. The van der Waals surface area contributed by atoms with E-state index in [1.165, 1.54) is 17.6 Å². The zero-order valence-electron chi connectivity index (χ0n) is 12.8. The molecule has 0 aromatic heterocycles. The summed E-state index contributed by atoms with van der Waals surface area (Å²) in [4.78, 5) is 4.38. The number of benzene rings is 1. The minimum Gasteiger partial charge on any atom is -0.495 e. The molecule has 0 atom stereocenters.